The molecule has 0 aromatic heterocycles. The first-order valence-electron chi connectivity index (χ1n) is 3.20. The molecule has 0 atom stereocenters. The molecule has 0 amide bonds. The highest BCUT2D eigenvalue weighted by molar-refractivity contribution is 14.1. The standard InChI is InChI=1S/C6H11IO3/c1-2-3-4-9-6(8)5-10-7/h2-5H2,1H3. The first-order chi connectivity index (χ1) is 4.81. The van der Waals surface area contributed by atoms with E-state index in [1.165, 1.54) is 0 Å². The second-order valence-corrected chi connectivity index (χ2v) is 2.45. The Morgan fingerprint density at radius 2 is 2.30 bits per heavy atom. The summed E-state index contributed by atoms with van der Waals surface area (Å²) in [6, 6.07) is 0. The quantitative estimate of drug-likeness (QED) is 0.427. The van der Waals surface area contributed by atoms with E-state index < -0.39 is 0 Å². The number of ether oxygens (including phenoxy) is 1. The van der Waals surface area contributed by atoms with E-state index in [4.69, 9.17) is 4.74 Å². The maximum Gasteiger partial charge on any atom is 0.333 e. The Kier molecular flexibility index (Phi) is 7.39. The van der Waals surface area contributed by atoms with Gasteiger partial charge in [-0.2, -0.15) is 0 Å². The van der Waals surface area contributed by atoms with Gasteiger partial charge in [-0.3, -0.25) is 0 Å². The summed E-state index contributed by atoms with van der Waals surface area (Å²) in [7, 11) is 0. The zero-order valence-corrected chi connectivity index (χ0v) is 8.09. The fourth-order valence-electron chi connectivity index (χ4n) is 0.417. The van der Waals surface area contributed by atoms with Crippen LogP contribution in [-0.2, 0) is 12.6 Å². The summed E-state index contributed by atoms with van der Waals surface area (Å²) in [5.74, 6) is -0.289. The first-order valence-corrected chi connectivity index (χ1v) is 4.08. The van der Waals surface area contributed by atoms with Crippen molar-refractivity contribution >= 4 is 29.0 Å². The van der Waals surface area contributed by atoms with E-state index in [0.717, 1.165) is 12.8 Å². The Balaban J connectivity index is 3.05. The predicted octanol–water partition coefficient (Wildman–Crippen LogP) is 1.70. The second kappa shape index (κ2) is 7.27. The molecule has 0 aromatic rings. The van der Waals surface area contributed by atoms with Crippen molar-refractivity contribution in [3.8, 4) is 0 Å². The lowest BCUT2D eigenvalue weighted by Gasteiger charge is -2.00. The molecule has 3 nitrogen and oxygen atoms in total. The van der Waals surface area contributed by atoms with Gasteiger partial charge in [0.15, 0.2) is 6.61 Å². The van der Waals surface area contributed by atoms with E-state index in [9.17, 15) is 4.79 Å². The van der Waals surface area contributed by atoms with Gasteiger partial charge in [0.25, 0.3) is 0 Å². The van der Waals surface area contributed by atoms with Gasteiger partial charge in [0.1, 0.15) is 23.0 Å². The number of unbranched alkanes of at least 4 members (excludes halogenated alkanes) is 1. The van der Waals surface area contributed by atoms with Crippen LogP contribution in [0.3, 0.4) is 0 Å². The van der Waals surface area contributed by atoms with Crippen molar-refractivity contribution in [1.82, 2.24) is 0 Å². The predicted molar refractivity (Wildman–Crippen MR) is 45.8 cm³/mol. The number of hydrogen-bond donors (Lipinski definition) is 0. The largest absolute Gasteiger partial charge is 0.464 e. The van der Waals surface area contributed by atoms with Crippen LogP contribution in [0.1, 0.15) is 19.8 Å². The number of rotatable bonds is 5. The molecule has 0 heterocycles. The molecule has 0 N–H and O–H groups in total. The summed E-state index contributed by atoms with van der Waals surface area (Å²) >= 11 is 1.66. The van der Waals surface area contributed by atoms with E-state index in [0.29, 0.717) is 6.61 Å². The Labute approximate surface area is 74.8 Å². The summed E-state index contributed by atoms with van der Waals surface area (Å²) in [6.45, 7) is 2.60. The summed E-state index contributed by atoms with van der Waals surface area (Å²) in [5, 5.41) is 0. The monoisotopic (exact) mass is 258 g/mol. The zero-order valence-electron chi connectivity index (χ0n) is 5.93. The van der Waals surface area contributed by atoms with Crippen molar-refractivity contribution < 1.29 is 12.6 Å². The fraction of sp³-hybridized carbons (Fsp3) is 0.833. The Morgan fingerprint density at radius 1 is 1.60 bits per heavy atom. The van der Waals surface area contributed by atoms with Crippen LogP contribution in [0.15, 0.2) is 0 Å². The van der Waals surface area contributed by atoms with Gasteiger partial charge >= 0.3 is 5.97 Å². The van der Waals surface area contributed by atoms with Crippen molar-refractivity contribution in [1.29, 1.82) is 0 Å². The molecule has 0 aliphatic rings. The molecule has 0 saturated heterocycles. The normalized spacial score (nSPS) is 9.40. The molecule has 10 heavy (non-hydrogen) atoms. The average Bonchev–Trinajstić information content (AvgIpc) is 1.89. The van der Waals surface area contributed by atoms with Crippen LogP contribution in [0.5, 0.6) is 0 Å². The van der Waals surface area contributed by atoms with Gasteiger partial charge in [0, 0.05) is 0 Å². The molecular formula is C6H11IO3. The molecule has 0 spiro atoms. The third-order valence-corrected chi connectivity index (χ3v) is 1.24. The van der Waals surface area contributed by atoms with Crippen molar-refractivity contribution in [3.05, 3.63) is 0 Å². The SMILES string of the molecule is CCCCOC(=O)COI. The molecule has 0 rings (SSSR count). The summed E-state index contributed by atoms with van der Waals surface area (Å²) < 4.78 is 9.28. The van der Waals surface area contributed by atoms with E-state index in [2.05, 4.69) is 3.07 Å². The highest BCUT2D eigenvalue weighted by Crippen LogP contribution is 1.91. The Morgan fingerprint density at radius 3 is 2.80 bits per heavy atom. The lowest BCUT2D eigenvalue weighted by molar-refractivity contribution is -0.145. The lowest BCUT2D eigenvalue weighted by atomic mass is 10.4. The number of carbonyl (C=O) groups excluding carboxylic acids is 1. The third kappa shape index (κ3) is 6.28. The van der Waals surface area contributed by atoms with Crippen LogP contribution < -0.4 is 0 Å². The van der Waals surface area contributed by atoms with Gasteiger partial charge in [-0.25, -0.2) is 4.79 Å². The smallest absolute Gasteiger partial charge is 0.333 e. The van der Waals surface area contributed by atoms with Gasteiger partial charge in [0.05, 0.1) is 6.61 Å². The molecule has 0 aromatic carbocycles. The average molecular weight is 258 g/mol. The van der Waals surface area contributed by atoms with E-state index in [1.54, 1.807) is 23.0 Å². The van der Waals surface area contributed by atoms with Gasteiger partial charge < -0.3 is 7.80 Å². The number of carbonyl (C=O) groups is 1. The van der Waals surface area contributed by atoms with Crippen LogP contribution in [0.25, 0.3) is 0 Å². The summed E-state index contributed by atoms with van der Waals surface area (Å²) in [4.78, 5) is 10.6. The highest BCUT2D eigenvalue weighted by Gasteiger charge is 1.99. The summed E-state index contributed by atoms with van der Waals surface area (Å²) in [5.41, 5.74) is 0. The van der Waals surface area contributed by atoms with Crippen molar-refractivity contribution in [2.45, 2.75) is 19.8 Å². The highest BCUT2D eigenvalue weighted by atomic mass is 127. The molecule has 0 aliphatic heterocycles. The van der Waals surface area contributed by atoms with E-state index >= 15 is 0 Å². The third-order valence-electron chi connectivity index (χ3n) is 0.933. The van der Waals surface area contributed by atoms with Gasteiger partial charge in [-0.05, 0) is 6.42 Å². The van der Waals surface area contributed by atoms with Crippen molar-refractivity contribution in [2.75, 3.05) is 13.2 Å². The molecule has 0 fully saturated rings. The van der Waals surface area contributed by atoms with Crippen LogP contribution >= 0.6 is 23.0 Å². The van der Waals surface area contributed by atoms with Crippen LogP contribution in [-0.4, -0.2) is 19.2 Å². The van der Waals surface area contributed by atoms with Gasteiger partial charge in [-0.1, -0.05) is 13.3 Å². The summed E-state index contributed by atoms with van der Waals surface area (Å²) in [6.07, 6.45) is 1.96. The number of hydrogen-bond acceptors (Lipinski definition) is 3. The topological polar surface area (TPSA) is 35.5 Å². The van der Waals surface area contributed by atoms with Crippen LogP contribution in [0.4, 0.5) is 0 Å². The molecule has 0 saturated carbocycles. The molecular weight excluding hydrogens is 247 g/mol. The van der Waals surface area contributed by atoms with Crippen molar-refractivity contribution in [3.63, 3.8) is 0 Å². The maximum absolute atomic E-state index is 10.6. The minimum atomic E-state index is -0.289. The second-order valence-electron chi connectivity index (χ2n) is 1.83. The Bertz CT molecular complexity index is 95.0. The molecule has 0 aliphatic carbocycles. The number of esters is 1. The minimum absolute atomic E-state index is 0.0459. The van der Waals surface area contributed by atoms with E-state index in [1.807, 2.05) is 6.92 Å². The lowest BCUT2D eigenvalue weighted by Crippen LogP contribution is -2.10. The van der Waals surface area contributed by atoms with Crippen molar-refractivity contribution in [2.24, 2.45) is 0 Å². The molecule has 4 heteroatoms. The van der Waals surface area contributed by atoms with Gasteiger partial charge in [0.2, 0.25) is 0 Å². The minimum Gasteiger partial charge on any atom is -0.464 e. The fourth-order valence-corrected chi connectivity index (χ4v) is 0.671. The molecule has 60 valence electrons. The van der Waals surface area contributed by atoms with Crippen LogP contribution in [0, 0.1) is 0 Å². The van der Waals surface area contributed by atoms with Gasteiger partial charge in [-0.15, -0.1) is 0 Å². The molecule has 0 radical (unpaired) electrons. The van der Waals surface area contributed by atoms with E-state index in [-0.39, 0.29) is 12.6 Å². The first kappa shape index (κ1) is 10.2. The maximum atomic E-state index is 10.6. The van der Waals surface area contributed by atoms with Crippen LogP contribution in [0.2, 0.25) is 0 Å². The molecule has 0 unspecified atom stereocenters. The zero-order chi connectivity index (χ0) is 7.82. The number of halogens is 1. The molecule has 0 bridgehead atoms. The Hall–Kier alpha value is 0.160.